The SMILES string of the molecule is CCN1C(=S)N[C@H](c2ccccn2)[C@H]1c1cccn1-c1cccc([N+](=O)[O-])c1. The molecule has 4 rings (SSSR count). The number of rotatable bonds is 5. The van der Waals surface area contributed by atoms with E-state index in [1.165, 1.54) is 6.07 Å². The molecule has 1 saturated heterocycles. The van der Waals surface area contributed by atoms with Crippen molar-refractivity contribution in [3.63, 3.8) is 0 Å². The van der Waals surface area contributed by atoms with Crippen LogP contribution in [0.3, 0.4) is 0 Å². The molecule has 3 heterocycles. The van der Waals surface area contributed by atoms with E-state index in [2.05, 4.69) is 22.1 Å². The summed E-state index contributed by atoms with van der Waals surface area (Å²) in [6, 6.07) is 16.2. The van der Waals surface area contributed by atoms with Crippen LogP contribution in [0.2, 0.25) is 0 Å². The molecule has 142 valence electrons. The Bertz CT molecular complexity index is 1020. The number of hydrogen-bond acceptors (Lipinski definition) is 4. The van der Waals surface area contributed by atoms with Crippen LogP contribution in [-0.4, -0.2) is 31.0 Å². The maximum Gasteiger partial charge on any atom is 0.271 e. The van der Waals surface area contributed by atoms with Gasteiger partial charge in [-0.15, -0.1) is 0 Å². The highest BCUT2D eigenvalue weighted by molar-refractivity contribution is 7.80. The molecular weight excluding hydrogens is 374 g/mol. The summed E-state index contributed by atoms with van der Waals surface area (Å²) < 4.78 is 1.98. The molecule has 1 aliphatic heterocycles. The zero-order chi connectivity index (χ0) is 19.7. The van der Waals surface area contributed by atoms with Gasteiger partial charge in [0.25, 0.3) is 5.69 Å². The summed E-state index contributed by atoms with van der Waals surface area (Å²) in [7, 11) is 0. The van der Waals surface area contributed by atoms with E-state index in [0.29, 0.717) is 5.11 Å². The Labute approximate surface area is 167 Å². The Balaban J connectivity index is 1.81. The van der Waals surface area contributed by atoms with E-state index in [1.807, 2.05) is 47.2 Å². The Hall–Kier alpha value is -3.26. The zero-order valence-corrected chi connectivity index (χ0v) is 16.0. The van der Waals surface area contributed by atoms with Crippen molar-refractivity contribution in [3.8, 4) is 5.69 Å². The maximum atomic E-state index is 11.2. The predicted octanol–water partition coefficient (Wildman–Crippen LogP) is 3.77. The highest BCUT2D eigenvalue weighted by Crippen LogP contribution is 2.39. The largest absolute Gasteiger partial charge is 0.352 e. The van der Waals surface area contributed by atoms with Crippen LogP contribution >= 0.6 is 12.2 Å². The molecule has 0 radical (unpaired) electrons. The zero-order valence-electron chi connectivity index (χ0n) is 15.2. The predicted molar refractivity (Wildman–Crippen MR) is 110 cm³/mol. The van der Waals surface area contributed by atoms with Crippen LogP contribution in [0.5, 0.6) is 0 Å². The number of nitrogens with one attached hydrogen (secondary N) is 1. The van der Waals surface area contributed by atoms with Crippen molar-refractivity contribution in [1.29, 1.82) is 0 Å². The third kappa shape index (κ3) is 3.11. The number of thiocarbonyl (C=S) groups is 1. The number of hydrogen-bond donors (Lipinski definition) is 1. The lowest BCUT2D eigenvalue weighted by molar-refractivity contribution is -0.384. The van der Waals surface area contributed by atoms with Gasteiger partial charge < -0.3 is 14.8 Å². The Morgan fingerprint density at radius 1 is 1.21 bits per heavy atom. The van der Waals surface area contributed by atoms with Gasteiger partial charge in [0.05, 0.1) is 28.4 Å². The van der Waals surface area contributed by atoms with E-state index < -0.39 is 0 Å². The maximum absolute atomic E-state index is 11.2. The number of aromatic nitrogens is 2. The highest BCUT2D eigenvalue weighted by Gasteiger charge is 2.40. The number of nitrogens with zero attached hydrogens (tertiary/aromatic N) is 4. The summed E-state index contributed by atoms with van der Waals surface area (Å²) in [6.45, 7) is 2.79. The third-order valence-corrected chi connectivity index (χ3v) is 5.29. The Kier molecular flexibility index (Phi) is 4.79. The van der Waals surface area contributed by atoms with Crippen LogP contribution in [0.25, 0.3) is 5.69 Å². The van der Waals surface area contributed by atoms with Crippen LogP contribution in [0, 0.1) is 10.1 Å². The second-order valence-electron chi connectivity index (χ2n) is 6.49. The fourth-order valence-corrected chi connectivity index (χ4v) is 4.06. The van der Waals surface area contributed by atoms with Crippen LogP contribution < -0.4 is 5.32 Å². The van der Waals surface area contributed by atoms with E-state index in [9.17, 15) is 10.1 Å². The number of likely N-dealkylation sites (N-methyl/N-ethyl adjacent to an activating group) is 1. The topological polar surface area (TPSA) is 76.2 Å². The quantitative estimate of drug-likeness (QED) is 0.404. The van der Waals surface area contributed by atoms with E-state index >= 15 is 0 Å². The highest BCUT2D eigenvalue weighted by atomic mass is 32.1. The summed E-state index contributed by atoms with van der Waals surface area (Å²) in [5.74, 6) is 0. The molecule has 2 aromatic heterocycles. The number of nitro groups is 1. The lowest BCUT2D eigenvalue weighted by Gasteiger charge is -2.27. The number of non-ortho nitro benzene ring substituents is 1. The van der Waals surface area contributed by atoms with Crippen LogP contribution in [0.4, 0.5) is 5.69 Å². The molecule has 0 bridgehead atoms. The molecule has 8 heteroatoms. The van der Waals surface area contributed by atoms with E-state index in [1.54, 1.807) is 18.3 Å². The van der Waals surface area contributed by atoms with E-state index in [4.69, 9.17) is 12.2 Å². The molecule has 1 aromatic carbocycles. The molecule has 3 aromatic rings. The summed E-state index contributed by atoms with van der Waals surface area (Å²) in [5, 5.41) is 15.3. The normalized spacial score (nSPS) is 18.9. The molecule has 1 aliphatic rings. The van der Waals surface area contributed by atoms with Crippen molar-refractivity contribution in [2.24, 2.45) is 0 Å². The average molecular weight is 393 g/mol. The minimum atomic E-state index is -0.381. The first-order valence-corrected chi connectivity index (χ1v) is 9.41. The van der Waals surface area contributed by atoms with Crippen molar-refractivity contribution >= 4 is 23.0 Å². The van der Waals surface area contributed by atoms with Gasteiger partial charge in [-0.2, -0.15) is 0 Å². The summed E-state index contributed by atoms with van der Waals surface area (Å²) in [4.78, 5) is 17.5. The number of nitro benzene ring substituents is 1. The number of pyridine rings is 1. The van der Waals surface area contributed by atoms with Gasteiger partial charge in [0.15, 0.2) is 5.11 Å². The molecule has 0 unspecified atom stereocenters. The minimum Gasteiger partial charge on any atom is -0.352 e. The Morgan fingerprint density at radius 3 is 2.79 bits per heavy atom. The first-order valence-electron chi connectivity index (χ1n) is 9.00. The molecule has 1 fully saturated rings. The first kappa shape index (κ1) is 18.1. The molecule has 0 saturated carbocycles. The standard InChI is InChI=1S/C20H19N5O2S/c1-2-23-19(18(22-20(23)28)16-9-3-4-11-21-16)17-10-6-12-24(17)14-7-5-8-15(13-14)25(26)27/h3-13,18-19H,2H2,1H3,(H,22,28)/t18-,19-/m1/s1. The minimum absolute atomic E-state index is 0.0610. The molecule has 28 heavy (non-hydrogen) atoms. The van der Waals surface area contributed by atoms with Gasteiger partial charge in [0, 0.05) is 36.8 Å². The van der Waals surface area contributed by atoms with Crippen molar-refractivity contribution in [2.75, 3.05) is 6.54 Å². The molecule has 7 nitrogen and oxygen atoms in total. The first-order chi connectivity index (χ1) is 13.6. The van der Waals surface area contributed by atoms with E-state index in [-0.39, 0.29) is 22.7 Å². The van der Waals surface area contributed by atoms with Crippen LogP contribution in [0.1, 0.15) is 30.4 Å². The van der Waals surface area contributed by atoms with Crippen molar-refractivity contribution in [3.05, 3.63) is 88.5 Å². The monoisotopic (exact) mass is 393 g/mol. The molecular formula is C20H19N5O2S. The van der Waals surface area contributed by atoms with E-state index in [0.717, 1.165) is 23.6 Å². The van der Waals surface area contributed by atoms with Crippen LogP contribution in [-0.2, 0) is 0 Å². The average Bonchev–Trinajstić information content (AvgIpc) is 3.32. The van der Waals surface area contributed by atoms with Crippen molar-refractivity contribution in [2.45, 2.75) is 19.0 Å². The smallest absolute Gasteiger partial charge is 0.271 e. The fraction of sp³-hybridized carbons (Fsp3) is 0.200. The van der Waals surface area contributed by atoms with Gasteiger partial charge in [-0.1, -0.05) is 12.1 Å². The van der Waals surface area contributed by atoms with Gasteiger partial charge in [-0.05, 0) is 49.5 Å². The second-order valence-corrected chi connectivity index (χ2v) is 6.88. The lowest BCUT2D eigenvalue weighted by Crippen LogP contribution is -2.30. The molecule has 1 N–H and O–H groups in total. The van der Waals surface area contributed by atoms with Gasteiger partial charge in [-0.25, -0.2) is 0 Å². The van der Waals surface area contributed by atoms with Gasteiger partial charge in [0.1, 0.15) is 0 Å². The number of benzene rings is 1. The third-order valence-electron chi connectivity index (χ3n) is 4.94. The van der Waals surface area contributed by atoms with Crippen molar-refractivity contribution in [1.82, 2.24) is 19.8 Å². The van der Waals surface area contributed by atoms with Gasteiger partial charge in [0.2, 0.25) is 0 Å². The molecule has 0 aliphatic carbocycles. The van der Waals surface area contributed by atoms with Gasteiger partial charge in [-0.3, -0.25) is 15.1 Å². The fourth-order valence-electron chi connectivity index (χ4n) is 3.69. The lowest BCUT2D eigenvalue weighted by atomic mass is 10.0. The second kappa shape index (κ2) is 7.40. The van der Waals surface area contributed by atoms with Crippen molar-refractivity contribution < 1.29 is 4.92 Å². The summed E-state index contributed by atoms with van der Waals surface area (Å²) in [5.41, 5.74) is 2.69. The molecule has 2 atom stereocenters. The van der Waals surface area contributed by atoms with Crippen LogP contribution in [0.15, 0.2) is 67.0 Å². The van der Waals surface area contributed by atoms with Gasteiger partial charge >= 0.3 is 0 Å². The summed E-state index contributed by atoms with van der Waals surface area (Å²) >= 11 is 5.57. The molecule has 0 amide bonds. The Morgan fingerprint density at radius 2 is 2.07 bits per heavy atom. The molecule has 0 spiro atoms. The summed E-state index contributed by atoms with van der Waals surface area (Å²) in [6.07, 6.45) is 3.68.